The summed E-state index contributed by atoms with van der Waals surface area (Å²) in [5.74, 6) is -2.03. The summed E-state index contributed by atoms with van der Waals surface area (Å²) in [6.07, 6.45) is -3.22. The Hall–Kier alpha value is -3.71. The van der Waals surface area contributed by atoms with Gasteiger partial charge in [0.15, 0.2) is 5.69 Å². The Morgan fingerprint density at radius 1 is 1.17 bits per heavy atom. The second kappa shape index (κ2) is 9.88. The number of amides is 1. The van der Waals surface area contributed by atoms with Crippen molar-refractivity contribution in [1.82, 2.24) is 29.1 Å². The van der Waals surface area contributed by atoms with Crippen molar-refractivity contribution in [3.05, 3.63) is 43.6 Å². The lowest BCUT2D eigenvalue weighted by Gasteiger charge is -2.23. The van der Waals surface area contributed by atoms with E-state index in [0.717, 1.165) is 10.9 Å². The van der Waals surface area contributed by atoms with Gasteiger partial charge in [0.25, 0.3) is 17.2 Å². The molecule has 0 saturated heterocycles. The fourth-order valence-corrected chi connectivity index (χ4v) is 3.89. The van der Waals surface area contributed by atoms with E-state index in [4.69, 9.17) is 5.73 Å². The molecular formula is C21H27F3N8O3. The van der Waals surface area contributed by atoms with E-state index < -0.39 is 29.2 Å². The smallest absolute Gasteiger partial charge is 0.383 e. The maximum atomic E-state index is 13.1. The summed E-state index contributed by atoms with van der Waals surface area (Å²) in [6, 6.07) is 0. The lowest BCUT2D eigenvalue weighted by atomic mass is 10.1. The summed E-state index contributed by atoms with van der Waals surface area (Å²) in [5.41, 5.74) is 5.92. The number of carbonyl (C=O) groups is 1. The Kier molecular flexibility index (Phi) is 7.31. The molecule has 0 aromatic carbocycles. The molecule has 0 fully saturated rings. The number of aromatic nitrogens is 6. The van der Waals surface area contributed by atoms with Gasteiger partial charge in [0.05, 0.1) is 0 Å². The number of carbonyl (C=O) groups excluding carboxylic acids is 1. The van der Waals surface area contributed by atoms with Crippen LogP contribution >= 0.6 is 0 Å². The number of nitrogens with two attached hydrogens (primary N) is 1. The average molecular weight is 496 g/mol. The highest BCUT2D eigenvalue weighted by Gasteiger charge is 2.37. The topological polar surface area (TPSA) is 144 Å². The molecule has 3 heterocycles. The highest BCUT2D eigenvalue weighted by Crippen LogP contribution is 2.27. The number of nitrogens with one attached hydrogen (secondary N) is 1. The number of unbranched alkanes of at least 4 members (excludes halogenated alkanes) is 1. The van der Waals surface area contributed by atoms with Crippen LogP contribution in [-0.4, -0.2) is 41.6 Å². The van der Waals surface area contributed by atoms with E-state index in [-0.39, 0.29) is 36.7 Å². The maximum absolute atomic E-state index is 13.1. The van der Waals surface area contributed by atoms with Crippen LogP contribution in [-0.2, 0) is 23.9 Å². The zero-order valence-electron chi connectivity index (χ0n) is 19.9. The third-order valence-corrected chi connectivity index (χ3v) is 5.73. The van der Waals surface area contributed by atoms with Gasteiger partial charge in [-0.25, -0.2) is 14.3 Å². The van der Waals surface area contributed by atoms with Crippen molar-refractivity contribution in [2.24, 2.45) is 0 Å². The van der Waals surface area contributed by atoms with Gasteiger partial charge in [-0.3, -0.25) is 19.1 Å². The molecule has 0 spiro atoms. The van der Waals surface area contributed by atoms with Crippen LogP contribution in [0.4, 0.5) is 24.7 Å². The summed E-state index contributed by atoms with van der Waals surface area (Å²) in [5, 5.41) is 3.51. The van der Waals surface area contributed by atoms with E-state index in [2.05, 4.69) is 20.1 Å². The van der Waals surface area contributed by atoms with Gasteiger partial charge in [0.1, 0.15) is 5.82 Å². The quantitative estimate of drug-likeness (QED) is 0.485. The molecule has 0 aliphatic heterocycles. The first-order chi connectivity index (χ1) is 16.4. The lowest BCUT2D eigenvalue weighted by Crippen LogP contribution is -2.41. The first kappa shape index (κ1) is 25.9. The Morgan fingerprint density at radius 3 is 2.46 bits per heavy atom. The van der Waals surface area contributed by atoms with Crippen LogP contribution in [0.15, 0.2) is 9.59 Å². The second-order valence-corrected chi connectivity index (χ2v) is 8.04. The Bertz CT molecular complexity index is 1370. The van der Waals surface area contributed by atoms with Crippen LogP contribution < -0.4 is 21.9 Å². The fraction of sp³-hybridized carbons (Fsp3) is 0.524. The molecule has 3 aromatic rings. The van der Waals surface area contributed by atoms with Gasteiger partial charge in [-0.05, 0) is 39.2 Å². The molecule has 0 radical (unpaired) electrons. The largest absolute Gasteiger partial charge is 0.453 e. The van der Waals surface area contributed by atoms with E-state index in [0.29, 0.717) is 29.9 Å². The molecule has 3 aromatic heterocycles. The number of aryl methyl sites for hydroxylation is 2. The molecular weight excluding hydrogens is 469 g/mol. The third-order valence-electron chi connectivity index (χ3n) is 5.73. The number of halogens is 3. The number of hydrogen-bond donors (Lipinski definition) is 2. The molecule has 3 rings (SSSR count). The van der Waals surface area contributed by atoms with Crippen molar-refractivity contribution < 1.29 is 18.0 Å². The molecule has 0 saturated carbocycles. The van der Waals surface area contributed by atoms with Gasteiger partial charge >= 0.3 is 11.9 Å². The molecule has 0 bridgehead atoms. The number of anilines is 2. The second-order valence-electron chi connectivity index (χ2n) is 8.04. The summed E-state index contributed by atoms with van der Waals surface area (Å²) in [4.78, 5) is 48.8. The van der Waals surface area contributed by atoms with Gasteiger partial charge in [-0.2, -0.15) is 18.2 Å². The van der Waals surface area contributed by atoms with Gasteiger partial charge in [-0.1, -0.05) is 13.3 Å². The van der Waals surface area contributed by atoms with Crippen molar-refractivity contribution in [2.45, 2.75) is 66.1 Å². The minimum atomic E-state index is -4.72. The summed E-state index contributed by atoms with van der Waals surface area (Å²) in [7, 11) is 0. The van der Waals surface area contributed by atoms with Crippen LogP contribution in [0.2, 0.25) is 0 Å². The minimum Gasteiger partial charge on any atom is -0.383 e. The first-order valence-electron chi connectivity index (χ1n) is 11.1. The molecule has 11 nitrogen and oxygen atoms in total. The molecule has 1 amide bonds. The molecule has 0 aliphatic carbocycles. The van der Waals surface area contributed by atoms with Crippen molar-refractivity contribution in [3.8, 4) is 0 Å². The molecule has 0 aliphatic rings. The highest BCUT2D eigenvalue weighted by molar-refractivity contribution is 5.95. The predicted molar refractivity (Wildman–Crippen MR) is 122 cm³/mol. The van der Waals surface area contributed by atoms with Crippen molar-refractivity contribution >= 4 is 23.2 Å². The Balaban J connectivity index is 1.91. The summed E-state index contributed by atoms with van der Waals surface area (Å²) >= 11 is 0. The third kappa shape index (κ3) is 5.05. The number of H-pyrrole nitrogens is 1. The van der Waals surface area contributed by atoms with Gasteiger partial charge in [-0.15, -0.1) is 5.10 Å². The van der Waals surface area contributed by atoms with E-state index in [1.54, 1.807) is 20.8 Å². The van der Waals surface area contributed by atoms with E-state index >= 15 is 0 Å². The Labute approximate surface area is 197 Å². The van der Waals surface area contributed by atoms with E-state index in [1.165, 1.54) is 9.47 Å². The molecule has 35 heavy (non-hydrogen) atoms. The van der Waals surface area contributed by atoms with Crippen LogP contribution in [0.3, 0.4) is 0 Å². The van der Waals surface area contributed by atoms with Crippen LogP contribution in [0, 0.1) is 13.8 Å². The number of fused-ring (bicyclic) bond motifs is 1. The van der Waals surface area contributed by atoms with Crippen molar-refractivity contribution in [2.75, 3.05) is 17.2 Å². The SMILES string of the molecule is CCCCn1c(N)c(N(CC)C(=O)CCc2c(C)nc3nc(C(F)(F)F)nn3c2C)c(=O)[nH]c1=O. The van der Waals surface area contributed by atoms with Crippen LogP contribution in [0.1, 0.15) is 55.9 Å². The number of hydrogen-bond acceptors (Lipinski definition) is 7. The van der Waals surface area contributed by atoms with E-state index in [9.17, 15) is 27.6 Å². The number of nitrogens with zero attached hydrogens (tertiary/aromatic N) is 6. The molecule has 0 atom stereocenters. The zero-order chi connectivity index (χ0) is 26.1. The summed E-state index contributed by atoms with van der Waals surface area (Å²) in [6.45, 7) is 7.19. The van der Waals surface area contributed by atoms with Crippen molar-refractivity contribution in [1.29, 1.82) is 0 Å². The maximum Gasteiger partial charge on any atom is 0.453 e. The van der Waals surface area contributed by atoms with Crippen molar-refractivity contribution in [3.63, 3.8) is 0 Å². The minimum absolute atomic E-state index is 0.0868. The molecule has 0 unspecified atom stereocenters. The predicted octanol–water partition coefficient (Wildman–Crippen LogP) is 1.98. The standard InChI is InChI=1S/C21H27F3N8O3/c1-5-7-10-31-16(25)15(17(34)27-20(31)35)30(6-2)14(33)9-8-13-11(3)26-19-28-18(21(22,23)24)29-32(19)12(13)4/h5-10,25H2,1-4H3,(H,27,34,35). The molecule has 3 N–H and O–H groups in total. The van der Waals surface area contributed by atoms with E-state index in [1.807, 2.05) is 6.92 Å². The van der Waals surface area contributed by atoms with Gasteiger partial charge < -0.3 is 10.6 Å². The summed E-state index contributed by atoms with van der Waals surface area (Å²) < 4.78 is 41.3. The van der Waals surface area contributed by atoms with Gasteiger partial charge in [0.2, 0.25) is 5.91 Å². The number of rotatable bonds is 8. The molecule has 190 valence electrons. The fourth-order valence-electron chi connectivity index (χ4n) is 3.89. The number of alkyl halides is 3. The first-order valence-corrected chi connectivity index (χ1v) is 11.1. The Morgan fingerprint density at radius 2 is 1.86 bits per heavy atom. The van der Waals surface area contributed by atoms with Crippen LogP contribution in [0.25, 0.3) is 5.78 Å². The zero-order valence-corrected chi connectivity index (χ0v) is 19.9. The van der Waals surface area contributed by atoms with Crippen LogP contribution in [0.5, 0.6) is 0 Å². The lowest BCUT2D eigenvalue weighted by molar-refractivity contribution is -0.144. The highest BCUT2D eigenvalue weighted by atomic mass is 19.4. The number of aromatic amines is 1. The average Bonchev–Trinajstić information content (AvgIpc) is 3.21. The monoisotopic (exact) mass is 496 g/mol. The molecule has 14 heteroatoms. The number of nitrogen functional groups attached to an aromatic ring is 1. The van der Waals surface area contributed by atoms with Gasteiger partial charge in [0, 0.05) is 30.9 Å². The normalized spacial score (nSPS) is 11.9.